The van der Waals surface area contributed by atoms with Crippen LogP contribution >= 0.6 is 0 Å². The lowest BCUT2D eigenvalue weighted by atomic mass is 10.1. The highest BCUT2D eigenvalue weighted by molar-refractivity contribution is 5.98. The van der Waals surface area contributed by atoms with Crippen LogP contribution in [0.2, 0.25) is 0 Å². The van der Waals surface area contributed by atoms with Crippen molar-refractivity contribution in [2.75, 3.05) is 7.11 Å². The topological polar surface area (TPSA) is 84.8 Å². The van der Waals surface area contributed by atoms with Gasteiger partial charge in [-0.3, -0.25) is 14.5 Å². The molecule has 0 fully saturated rings. The first-order valence-corrected chi connectivity index (χ1v) is 8.51. The molecule has 0 saturated heterocycles. The summed E-state index contributed by atoms with van der Waals surface area (Å²) in [4.78, 5) is 19.9. The van der Waals surface area contributed by atoms with E-state index in [1.54, 1.807) is 30.4 Å². The number of nitrogens with one attached hydrogen (secondary N) is 2. The van der Waals surface area contributed by atoms with E-state index in [1.807, 2.05) is 43.4 Å². The number of carbonyl (C=O) groups is 1. The summed E-state index contributed by atoms with van der Waals surface area (Å²) in [7, 11) is 3.50. The van der Waals surface area contributed by atoms with E-state index in [9.17, 15) is 4.79 Å². The quantitative estimate of drug-likeness (QED) is 0.572. The maximum atomic E-state index is 12.5. The molecule has 0 atom stereocenters. The fraction of sp³-hybridized carbons (Fsp3) is 0.150. The van der Waals surface area contributed by atoms with E-state index < -0.39 is 0 Å². The highest BCUT2D eigenvalue weighted by Gasteiger charge is 2.11. The number of fused-ring (bicyclic) bond motifs is 1. The van der Waals surface area contributed by atoms with Gasteiger partial charge in [-0.25, -0.2) is 0 Å². The zero-order valence-corrected chi connectivity index (χ0v) is 15.1. The Morgan fingerprint density at radius 2 is 2.11 bits per heavy atom. The molecule has 1 amide bonds. The van der Waals surface area contributed by atoms with Gasteiger partial charge in [-0.1, -0.05) is 0 Å². The van der Waals surface area contributed by atoms with E-state index in [1.165, 1.54) is 0 Å². The average Bonchev–Trinajstić information content (AvgIpc) is 3.31. The maximum Gasteiger partial charge on any atom is 0.267 e. The number of aromatic amines is 1. The molecule has 136 valence electrons. The van der Waals surface area contributed by atoms with Gasteiger partial charge in [0.2, 0.25) is 0 Å². The van der Waals surface area contributed by atoms with E-state index in [-0.39, 0.29) is 5.91 Å². The van der Waals surface area contributed by atoms with Gasteiger partial charge in [0.1, 0.15) is 11.4 Å². The molecule has 0 saturated carbocycles. The van der Waals surface area contributed by atoms with Crippen LogP contribution in [0.1, 0.15) is 16.1 Å². The van der Waals surface area contributed by atoms with E-state index in [4.69, 9.17) is 4.74 Å². The molecular formula is C20H19N5O2. The van der Waals surface area contributed by atoms with Crippen LogP contribution in [0.25, 0.3) is 22.2 Å². The highest BCUT2D eigenvalue weighted by Crippen LogP contribution is 2.21. The standard InChI is InChI=1S/C20H19N5O2/c1-25-19(5-6-23-25)15-7-13(10-21-12-15)11-22-20(26)18-8-14-3-4-16(27-2)9-17(14)24-18/h3-10,12,24H,11H2,1-2H3,(H,22,26). The molecule has 4 aromatic rings. The van der Waals surface area contributed by atoms with Crippen LogP contribution in [-0.4, -0.2) is 32.8 Å². The van der Waals surface area contributed by atoms with Crippen LogP contribution in [-0.2, 0) is 13.6 Å². The molecule has 2 N–H and O–H groups in total. The Kier molecular flexibility index (Phi) is 4.33. The lowest BCUT2D eigenvalue weighted by Gasteiger charge is -2.06. The van der Waals surface area contributed by atoms with E-state index in [2.05, 4.69) is 20.4 Å². The van der Waals surface area contributed by atoms with Crippen LogP contribution in [0.15, 0.2) is 55.0 Å². The lowest BCUT2D eigenvalue weighted by Crippen LogP contribution is -2.23. The van der Waals surface area contributed by atoms with E-state index in [0.717, 1.165) is 33.5 Å². The Hall–Kier alpha value is -3.61. The summed E-state index contributed by atoms with van der Waals surface area (Å²) in [5, 5.41) is 8.06. The van der Waals surface area contributed by atoms with Crippen molar-refractivity contribution in [1.29, 1.82) is 0 Å². The first-order valence-electron chi connectivity index (χ1n) is 8.51. The smallest absolute Gasteiger partial charge is 0.267 e. The molecule has 3 heterocycles. The number of pyridine rings is 1. The Morgan fingerprint density at radius 1 is 1.22 bits per heavy atom. The number of aromatic nitrogens is 4. The van der Waals surface area contributed by atoms with Crippen molar-refractivity contribution < 1.29 is 9.53 Å². The summed E-state index contributed by atoms with van der Waals surface area (Å²) in [6, 6.07) is 11.4. The third-order valence-corrected chi connectivity index (χ3v) is 4.44. The minimum absolute atomic E-state index is 0.170. The highest BCUT2D eigenvalue weighted by atomic mass is 16.5. The number of ether oxygens (including phenoxy) is 1. The number of rotatable bonds is 5. The van der Waals surface area contributed by atoms with Gasteiger partial charge in [-0.2, -0.15) is 5.10 Å². The normalized spacial score (nSPS) is 10.9. The van der Waals surface area contributed by atoms with Gasteiger partial charge in [-0.05, 0) is 35.9 Å². The number of hydrogen-bond acceptors (Lipinski definition) is 4. The molecule has 0 spiro atoms. The summed E-state index contributed by atoms with van der Waals surface area (Å²) in [5.74, 6) is 0.575. The summed E-state index contributed by atoms with van der Waals surface area (Å²) in [6.07, 6.45) is 5.28. The van der Waals surface area contributed by atoms with Gasteiger partial charge in [0.25, 0.3) is 5.91 Å². The predicted octanol–water partition coefficient (Wildman–Crippen LogP) is 2.90. The summed E-state index contributed by atoms with van der Waals surface area (Å²) in [5.41, 5.74) is 4.22. The monoisotopic (exact) mass is 361 g/mol. The van der Waals surface area contributed by atoms with Gasteiger partial charge in [0.15, 0.2) is 0 Å². The first-order chi connectivity index (χ1) is 13.1. The number of aryl methyl sites for hydroxylation is 1. The second kappa shape index (κ2) is 6.95. The molecule has 27 heavy (non-hydrogen) atoms. The number of H-pyrrole nitrogens is 1. The summed E-state index contributed by atoms with van der Waals surface area (Å²) >= 11 is 0. The van der Waals surface area contributed by atoms with E-state index >= 15 is 0 Å². The molecule has 0 aliphatic heterocycles. The van der Waals surface area contributed by atoms with Crippen LogP contribution in [0.3, 0.4) is 0 Å². The molecular weight excluding hydrogens is 342 g/mol. The molecule has 1 aromatic carbocycles. The van der Waals surface area contributed by atoms with Gasteiger partial charge < -0.3 is 15.0 Å². The SMILES string of the molecule is COc1ccc2cc(C(=O)NCc3cncc(-c4ccnn4C)c3)[nH]c2c1. The van der Waals surface area contributed by atoms with Crippen molar-refractivity contribution >= 4 is 16.8 Å². The molecule has 7 nitrogen and oxygen atoms in total. The second-order valence-corrected chi connectivity index (χ2v) is 6.24. The Morgan fingerprint density at radius 3 is 2.89 bits per heavy atom. The lowest BCUT2D eigenvalue weighted by molar-refractivity contribution is 0.0946. The third kappa shape index (κ3) is 3.39. The first kappa shape index (κ1) is 16.8. The van der Waals surface area contributed by atoms with Crippen molar-refractivity contribution in [2.45, 2.75) is 6.54 Å². The number of nitrogens with zero attached hydrogens (tertiary/aromatic N) is 3. The Balaban J connectivity index is 1.49. The molecule has 0 aliphatic rings. The van der Waals surface area contributed by atoms with Crippen molar-refractivity contribution in [1.82, 2.24) is 25.1 Å². The number of hydrogen-bond donors (Lipinski definition) is 2. The number of methoxy groups -OCH3 is 1. The average molecular weight is 361 g/mol. The van der Waals surface area contributed by atoms with Gasteiger partial charge in [0, 0.05) is 54.7 Å². The van der Waals surface area contributed by atoms with Crippen molar-refractivity contribution in [3.05, 3.63) is 66.2 Å². The molecule has 0 radical (unpaired) electrons. The summed E-state index contributed by atoms with van der Waals surface area (Å²) < 4.78 is 7.00. The number of amides is 1. The second-order valence-electron chi connectivity index (χ2n) is 6.24. The number of benzene rings is 1. The maximum absolute atomic E-state index is 12.5. The fourth-order valence-electron chi connectivity index (χ4n) is 3.01. The van der Waals surface area contributed by atoms with Crippen LogP contribution in [0.4, 0.5) is 0 Å². The fourth-order valence-corrected chi connectivity index (χ4v) is 3.01. The predicted molar refractivity (Wildman–Crippen MR) is 102 cm³/mol. The van der Waals surface area contributed by atoms with Crippen LogP contribution in [0, 0.1) is 0 Å². The van der Waals surface area contributed by atoms with Crippen LogP contribution in [0.5, 0.6) is 5.75 Å². The molecule has 0 unspecified atom stereocenters. The minimum Gasteiger partial charge on any atom is -0.497 e. The Labute approximate surface area is 156 Å². The molecule has 0 bridgehead atoms. The number of carbonyl (C=O) groups excluding carboxylic acids is 1. The zero-order valence-electron chi connectivity index (χ0n) is 15.1. The van der Waals surface area contributed by atoms with Gasteiger partial charge >= 0.3 is 0 Å². The minimum atomic E-state index is -0.170. The van der Waals surface area contributed by atoms with E-state index in [0.29, 0.717) is 12.2 Å². The molecule has 0 aliphatic carbocycles. The molecule has 7 heteroatoms. The largest absolute Gasteiger partial charge is 0.497 e. The summed E-state index contributed by atoms with van der Waals surface area (Å²) in [6.45, 7) is 0.385. The van der Waals surface area contributed by atoms with Crippen molar-refractivity contribution in [2.24, 2.45) is 7.05 Å². The van der Waals surface area contributed by atoms with Gasteiger partial charge in [-0.15, -0.1) is 0 Å². The van der Waals surface area contributed by atoms with Gasteiger partial charge in [0.05, 0.1) is 12.8 Å². The Bertz CT molecular complexity index is 1110. The van der Waals surface area contributed by atoms with Crippen molar-refractivity contribution in [3.8, 4) is 17.0 Å². The third-order valence-electron chi connectivity index (χ3n) is 4.44. The van der Waals surface area contributed by atoms with Crippen molar-refractivity contribution in [3.63, 3.8) is 0 Å². The molecule has 4 rings (SSSR count). The van der Waals surface area contributed by atoms with Crippen LogP contribution < -0.4 is 10.1 Å². The zero-order chi connectivity index (χ0) is 18.8. The molecule has 3 aromatic heterocycles.